The molecule has 1 aromatic heterocycles. The van der Waals surface area contributed by atoms with Gasteiger partial charge in [0.1, 0.15) is 5.69 Å². The molecule has 0 unspecified atom stereocenters. The first kappa shape index (κ1) is 14.6. The summed E-state index contributed by atoms with van der Waals surface area (Å²) in [5.41, 5.74) is 4.33. The van der Waals surface area contributed by atoms with Gasteiger partial charge in [0.25, 0.3) is 5.91 Å². The van der Waals surface area contributed by atoms with Gasteiger partial charge in [0.15, 0.2) is 0 Å². The van der Waals surface area contributed by atoms with Gasteiger partial charge in [-0.3, -0.25) is 4.79 Å². The zero-order valence-electron chi connectivity index (χ0n) is 13.1. The maximum absolute atomic E-state index is 12.4. The normalized spacial score (nSPS) is 11.3. The number of carbonyl (C=O) groups is 1. The molecule has 20 heavy (non-hydrogen) atoms. The topological polar surface area (TPSA) is 34.0 Å². The molecule has 0 fully saturated rings. The molecule has 0 aliphatic heterocycles. The lowest BCUT2D eigenvalue weighted by Crippen LogP contribution is -2.32. The molecule has 0 saturated carbocycles. The minimum atomic E-state index is 0.0219. The summed E-state index contributed by atoms with van der Waals surface area (Å²) in [7, 11) is 0. The molecule has 0 bridgehead atoms. The molecule has 108 valence electrons. The van der Waals surface area contributed by atoms with Crippen molar-refractivity contribution >= 4 is 16.8 Å². The number of aryl methyl sites for hydroxylation is 3. The lowest BCUT2D eigenvalue weighted by atomic mass is 10.1. The number of nitrogens with zero attached hydrogens (tertiary/aromatic N) is 1. The number of aromatic nitrogens is 1. The Balaban J connectivity index is 2.64. The fourth-order valence-electron chi connectivity index (χ4n) is 2.74. The lowest BCUT2D eigenvalue weighted by molar-refractivity contribution is 0.0933. The third-order valence-corrected chi connectivity index (χ3v) is 3.74. The summed E-state index contributed by atoms with van der Waals surface area (Å²) in [5.74, 6) is 0.0219. The second-order valence-corrected chi connectivity index (χ2v) is 5.55. The third-order valence-electron chi connectivity index (χ3n) is 3.74. The quantitative estimate of drug-likeness (QED) is 0.905. The Morgan fingerprint density at radius 1 is 1.30 bits per heavy atom. The van der Waals surface area contributed by atoms with Crippen LogP contribution in [-0.4, -0.2) is 16.5 Å². The average molecular weight is 272 g/mol. The standard InChI is InChI=1S/C17H24N2O/c1-6-13-8-9-15-14(10-13)12(5)16(19(15)7-2)17(20)18-11(3)4/h8-11H,6-7H2,1-5H3,(H,18,20). The van der Waals surface area contributed by atoms with Crippen molar-refractivity contribution in [2.24, 2.45) is 0 Å². The average Bonchev–Trinajstić information content (AvgIpc) is 2.70. The van der Waals surface area contributed by atoms with Gasteiger partial charge in [0.05, 0.1) is 0 Å². The summed E-state index contributed by atoms with van der Waals surface area (Å²) in [6, 6.07) is 6.65. The van der Waals surface area contributed by atoms with Crippen LogP contribution in [0.15, 0.2) is 18.2 Å². The minimum absolute atomic E-state index is 0.0219. The number of benzene rings is 1. The van der Waals surface area contributed by atoms with Crippen LogP contribution in [0.2, 0.25) is 0 Å². The van der Waals surface area contributed by atoms with Crippen LogP contribution in [-0.2, 0) is 13.0 Å². The van der Waals surface area contributed by atoms with E-state index >= 15 is 0 Å². The molecular weight excluding hydrogens is 248 g/mol. The molecule has 0 saturated heterocycles. The molecule has 1 N–H and O–H groups in total. The van der Waals surface area contributed by atoms with Crippen LogP contribution >= 0.6 is 0 Å². The van der Waals surface area contributed by atoms with Crippen LogP contribution in [0.25, 0.3) is 10.9 Å². The van der Waals surface area contributed by atoms with Crippen molar-refractivity contribution in [1.82, 2.24) is 9.88 Å². The van der Waals surface area contributed by atoms with Gasteiger partial charge >= 0.3 is 0 Å². The Labute approximate surface area is 121 Å². The second-order valence-electron chi connectivity index (χ2n) is 5.55. The first-order valence-corrected chi connectivity index (χ1v) is 7.42. The van der Waals surface area contributed by atoms with E-state index < -0.39 is 0 Å². The molecule has 2 aromatic rings. The van der Waals surface area contributed by atoms with E-state index in [4.69, 9.17) is 0 Å². The van der Waals surface area contributed by atoms with Crippen LogP contribution < -0.4 is 5.32 Å². The van der Waals surface area contributed by atoms with Gasteiger partial charge in [-0.25, -0.2) is 0 Å². The molecule has 1 heterocycles. The Kier molecular flexibility index (Phi) is 4.17. The van der Waals surface area contributed by atoms with E-state index in [1.807, 2.05) is 20.8 Å². The summed E-state index contributed by atoms with van der Waals surface area (Å²) < 4.78 is 2.11. The second kappa shape index (κ2) is 5.70. The molecule has 3 nitrogen and oxygen atoms in total. The molecule has 1 aromatic carbocycles. The van der Waals surface area contributed by atoms with Crippen LogP contribution in [0.4, 0.5) is 0 Å². The maximum Gasteiger partial charge on any atom is 0.268 e. The van der Waals surface area contributed by atoms with Gasteiger partial charge in [-0.2, -0.15) is 0 Å². The van der Waals surface area contributed by atoms with Crippen molar-refractivity contribution in [3.63, 3.8) is 0 Å². The maximum atomic E-state index is 12.4. The Morgan fingerprint density at radius 2 is 2.00 bits per heavy atom. The summed E-state index contributed by atoms with van der Waals surface area (Å²) in [6.45, 7) is 11.1. The highest BCUT2D eigenvalue weighted by Gasteiger charge is 2.19. The highest BCUT2D eigenvalue weighted by Crippen LogP contribution is 2.27. The number of carbonyl (C=O) groups excluding carboxylic acids is 1. The summed E-state index contributed by atoms with van der Waals surface area (Å²) >= 11 is 0. The minimum Gasteiger partial charge on any atom is -0.349 e. The zero-order valence-corrected chi connectivity index (χ0v) is 13.1. The fourth-order valence-corrected chi connectivity index (χ4v) is 2.74. The van der Waals surface area contributed by atoms with E-state index in [-0.39, 0.29) is 11.9 Å². The van der Waals surface area contributed by atoms with Crippen LogP contribution in [0.3, 0.4) is 0 Å². The summed E-state index contributed by atoms with van der Waals surface area (Å²) in [5, 5.41) is 4.20. The number of hydrogen-bond donors (Lipinski definition) is 1. The Hall–Kier alpha value is -1.77. The van der Waals surface area contributed by atoms with Crippen LogP contribution in [0, 0.1) is 6.92 Å². The van der Waals surface area contributed by atoms with Gasteiger partial charge in [0.2, 0.25) is 0 Å². The van der Waals surface area contributed by atoms with Crippen molar-refractivity contribution in [3.05, 3.63) is 35.0 Å². The first-order valence-electron chi connectivity index (χ1n) is 7.42. The Bertz CT molecular complexity index is 638. The van der Waals surface area contributed by atoms with E-state index in [0.29, 0.717) is 0 Å². The molecule has 2 rings (SSSR count). The predicted octanol–water partition coefficient (Wildman–Crippen LogP) is 3.67. The fraction of sp³-hybridized carbons (Fsp3) is 0.471. The smallest absolute Gasteiger partial charge is 0.268 e. The Morgan fingerprint density at radius 3 is 2.55 bits per heavy atom. The van der Waals surface area contributed by atoms with E-state index in [0.717, 1.165) is 29.7 Å². The van der Waals surface area contributed by atoms with E-state index in [9.17, 15) is 4.79 Å². The van der Waals surface area contributed by atoms with Crippen molar-refractivity contribution in [1.29, 1.82) is 0 Å². The van der Waals surface area contributed by atoms with Crippen LogP contribution in [0.1, 0.15) is 49.3 Å². The zero-order chi connectivity index (χ0) is 14.9. The van der Waals surface area contributed by atoms with Gasteiger partial charge in [-0.1, -0.05) is 13.0 Å². The number of amides is 1. The largest absolute Gasteiger partial charge is 0.349 e. The molecule has 1 amide bonds. The number of fused-ring (bicyclic) bond motifs is 1. The van der Waals surface area contributed by atoms with E-state index in [2.05, 4.69) is 41.9 Å². The highest BCUT2D eigenvalue weighted by molar-refractivity contribution is 6.01. The first-order chi connectivity index (χ1) is 9.49. The molecule has 0 spiro atoms. The monoisotopic (exact) mass is 272 g/mol. The van der Waals surface area contributed by atoms with Crippen molar-refractivity contribution in [3.8, 4) is 0 Å². The molecular formula is C17H24N2O. The SMILES string of the molecule is CCc1ccc2c(c1)c(C)c(C(=O)NC(C)C)n2CC. The highest BCUT2D eigenvalue weighted by atomic mass is 16.2. The van der Waals surface area contributed by atoms with E-state index in [1.54, 1.807) is 0 Å². The van der Waals surface area contributed by atoms with Gasteiger partial charge in [-0.15, -0.1) is 0 Å². The van der Waals surface area contributed by atoms with E-state index in [1.165, 1.54) is 10.9 Å². The van der Waals surface area contributed by atoms with Crippen molar-refractivity contribution in [2.75, 3.05) is 0 Å². The van der Waals surface area contributed by atoms with Crippen molar-refractivity contribution < 1.29 is 4.79 Å². The molecule has 0 aliphatic rings. The van der Waals surface area contributed by atoms with Crippen LogP contribution in [0.5, 0.6) is 0 Å². The molecule has 0 aliphatic carbocycles. The lowest BCUT2D eigenvalue weighted by Gasteiger charge is -2.12. The number of hydrogen-bond acceptors (Lipinski definition) is 1. The predicted molar refractivity (Wildman–Crippen MR) is 84.3 cm³/mol. The molecule has 3 heteroatoms. The molecule has 0 radical (unpaired) electrons. The van der Waals surface area contributed by atoms with Crippen molar-refractivity contribution in [2.45, 2.75) is 53.6 Å². The van der Waals surface area contributed by atoms with Gasteiger partial charge in [-0.05, 0) is 57.4 Å². The third kappa shape index (κ3) is 2.45. The number of nitrogens with one attached hydrogen (secondary N) is 1. The van der Waals surface area contributed by atoms with Gasteiger partial charge in [0, 0.05) is 23.5 Å². The summed E-state index contributed by atoms with van der Waals surface area (Å²) in [6.07, 6.45) is 1.01. The molecule has 0 atom stereocenters. The number of rotatable bonds is 4. The summed E-state index contributed by atoms with van der Waals surface area (Å²) in [4.78, 5) is 12.4. The van der Waals surface area contributed by atoms with Gasteiger partial charge < -0.3 is 9.88 Å².